The Morgan fingerprint density at radius 3 is 2.56 bits per heavy atom. The molecule has 5 rings (SSSR count). The number of anilines is 2. The summed E-state index contributed by atoms with van der Waals surface area (Å²) in [6.07, 6.45) is 1.80. The van der Waals surface area contributed by atoms with E-state index in [1.54, 1.807) is 12.3 Å². The van der Waals surface area contributed by atoms with E-state index >= 15 is 0 Å². The largest absolute Gasteiger partial charge is 0.375 e. The van der Waals surface area contributed by atoms with Crippen molar-refractivity contribution in [3.05, 3.63) is 106 Å². The highest BCUT2D eigenvalue weighted by atomic mass is 35.5. The molecule has 200 valence electrons. The van der Waals surface area contributed by atoms with E-state index in [1.807, 2.05) is 30.3 Å². The molecule has 0 saturated carbocycles. The van der Waals surface area contributed by atoms with Crippen LogP contribution in [0.25, 0.3) is 5.69 Å². The third-order valence-corrected chi connectivity index (χ3v) is 7.65. The molecule has 7 nitrogen and oxygen atoms in total. The first-order valence-electron chi connectivity index (χ1n) is 12.6. The standard InChI is InChI=1S/C30H30ClN5O2S/c1-18-9-5-6-11-26(18)35-19(2)15-22(20(35)3)29-28(25-10-7-8-14-32-25)34-30(39)36(29)21-12-13-24(23(31)16-21)33-27(37)17-38-4/h5-16,28-29H,17H2,1-4H3,(H,33,37)(H,34,39)/t28-,29+/m1/s1. The summed E-state index contributed by atoms with van der Waals surface area (Å²) in [6, 6.07) is 21.7. The zero-order valence-corrected chi connectivity index (χ0v) is 23.8. The number of carbonyl (C=O) groups is 1. The second-order valence-corrected chi connectivity index (χ2v) is 10.4. The van der Waals surface area contributed by atoms with Crippen LogP contribution < -0.4 is 15.5 Å². The normalized spacial score (nSPS) is 16.8. The van der Waals surface area contributed by atoms with Crippen LogP contribution in [0.5, 0.6) is 0 Å². The number of hydrogen-bond donors (Lipinski definition) is 2. The molecule has 2 aromatic carbocycles. The molecule has 1 fully saturated rings. The predicted molar refractivity (Wildman–Crippen MR) is 160 cm³/mol. The first-order chi connectivity index (χ1) is 18.8. The molecule has 1 saturated heterocycles. The zero-order chi connectivity index (χ0) is 27.7. The average Bonchev–Trinajstić information content (AvgIpc) is 3.41. The molecule has 1 aliphatic heterocycles. The Bertz CT molecular complexity index is 1540. The van der Waals surface area contributed by atoms with Crippen LogP contribution in [0, 0.1) is 20.8 Å². The van der Waals surface area contributed by atoms with E-state index in [2.05, 4.69) is 76.2 Å². The van der Waals surface area contributed by atoms with Crippen LogP contribution in [0.15, 0.2) is 72.9 Å². The molecule has 4 aromatic rings. The highest BCUT2D eigenvalue weighted by Crippen LogP contribution is 2.44. The molecule has 0 bridgehead atoms. The number of rotatable bonds is 7. The lowest BCUT2D eigenvalue weighted by atomic mass is 9.96. The highest BCUT2D eigenvalue weighted by molar-refractivity contribution is 7.80. The van der Waals surface area contributed by atoms with Gasteiger partial charge in [-0.15, -0.1) is 0 Å². The summed E-state index contributed by atoms with van der Waals surface area (Å²) in [4.78, 5) is 18.8. The number of halogens is 1. The van der Waals surface area contributed by atoms with Crippen molar-refractivity contribution in [2.45, 2.75) is 32.9 Å². The number of aromatic nitrogens is 2. The molecule has 3 heterocycles. The molecule has 2 atom stereocenters. The van der Waals surface area contributed by atoms with E-state index < -0.39 is 0 Å². The first kappa shape index (κ1) is 26.9. The van der Waals surface area contributed by atoms with Crippen molar-refractivity contribution >= 4 is 46.2 Å². The molecule has 0 aliphatic carbocycles. The quantitative estimate of drug-likeness (QED) is 0.262. The van der Waals surface area contributed by atoms with E-state index in [-0.39, 0.29) is 24.6 Å². The lowest BCUT2D eigenvalue weighted by Gasteiger charge is -2.28. The van der Waals surface area contributed by atoms with Crippen molar-refractivity contribution < 1.29 is 9.53 Å². The van der Waals surface area contributed by atoms with Crippen molar-refractivity contribution in [1.82, 2.24) is 14.9 Å². The minimum absolute atomic E-state index is 0.0530. The number of carbonyl (C=O) groups excluding carboxylic acids is 1. The van der Waals surface area contributed by atoms with Gasteiger partial charge in [0.1, 0.15) is 6.61 Å². The number of benzene rings is 2. The number of aryl methyl sites for hydroxylation is 2. The Hall–Kier alpha value is -3.72. The zero-order valence-electron chi connectivity index (χ0n) is 22.2. The third kappa shape index (κ3) is 5.15. The molecular weight excluding hydrogens is 530 g/mol. The van der Waals surface area contributed by atoms with Gasteiger partial charge in [-0.2, -0.15) is 0 Å². The summed E-state index contributed by atoms with van der Waals surface area (Å²) in [7, 11) is 1.47. The second kappa shape index (κ2) is 11.2. The third-order valence-electron chi connectivity index (χ3n) is 7.02. The van der Waals surface area contributed by atoms with Gasteiger partial charge in [-0.25, -0.2) is 0 Å². The fourth-order valence-electron chi connectivity index (χ4n) is 5.29. The maximum absolute atomic E-state index is 12.1. The molecule has 1 aliphatic rings. The Balaban J connectivity index is 1.62. The monoisotopic (exact) mass is 559 g/mol. The number of nitrogens with zero attached hydrogens (tertiary/aromatic N) is 3. The Kier molecular flexibility index (Phi) is 7.70. The molecule has 0 radical (unpaired) electrons. The smallest absolute Gasteiger partial charge is 0.250 e. The minimum Gasteiger partial charge on any atom is -0.375 e. The topological polar surface area (TPSA) is 71.4 Å². The van der Waals surface area contributed by atoms with Crippen molar-refractivity contribution in [1.29, 1.82) is 0 Å². The Labute approximate surface area is 238 Å². The van der Waals surface area contributed by atoms with Crippen LogP contribution in [-0.2, 0) is 9.53 Å². The number of para-hydroxylation sites is 1. The van der Waals surface area contributed by atoms with Crippen LogP contribution in [0.2, 0.25) is 5.02 Å². The molecular formula is C30H30ClN5O2S. The van der Waals surface area contributed by atoms with Gasteiger partial charge < -0.3 is 24.8 Å². The van der Waals surface area contributed by atoms with Crippen LogP contribution in [-0.4, -0.2) is 34.3 Å². The van der Waals surface area contributed by atoms with Crippen LogP contribution in [0.1, 0.15) is 40.3 Å². The molecule has 0 spiro atoms. The van der Waals surface area contributed by atoms with Crippen LogP contribution >= 0.6 is 23.8 Å². The number of pyridine rings is 1. The lowest BCUT2D eigenvalue weighted by molar-refractivity contribution is -0.119. The SMILES string of the molecule is COCC(=O)Nc1ccc(N2C(=S)N[C@H](c3ccccn3)[C@@H]2c2cc(C)n(-c3ccccc3C)c2C)cc1Cl. The number of nitrogens with one attached hydrogen (secondary N) is 2. The van der Waals surface area contributed by atoms with E-state index in [1.165, 1.54) is 12.7 Å². The van der Waals surface area contributed by atoms with E-state index in [0.717, 1.165) is 34.0 Å². The molecule has 1 amide bonds. The van der Waals surface area contributed by atoms with Gasteiger partial charge in [0.15, 0.2) is 5.11 Å². The van der Waals surface area contributed by atoms with Gasteiger partial charge in [0, 0.05) is 36.1 Å². The summed E-state index contributed by atoms with van der Waals surface area (Å²) in [5.74, 6) is -0.276. The van der Waals surface area contributed by atoms with Gasteiger partial charge in [-0.3, -0.25) is 9.78 Å². The average molecular weight is 560 g/mol. The Morgan fingerprint density at radius 2 is 1.87 bits per heavy atom. The highest BCUT2D eigenvalue weighted by Gasteiger charge is 2.42. The molecule has 0 unspecified atom stereocenters. The van der Waals surface area contributed by atoms with Crippen molar-refractivity contribution in [2.24, 2.45) is 0 Å². The minimum atomic E-state index is -0.276. The number of thiocarbonyl (C=S) groups is 1. The fraction of sp³-hybridized carbons (Fsp3) is 0.233. The van der Waals surface area contributed by atoms with E-state index in [0.29, 0.717) is 15.8 Å². The van der Waals surface area contributed by atoms with Crippen molar-refractivity contribution in [3.63, 3.8) is 0 Å². The summed E-state index contributed by atoms with van der Waals surface area (Å²) < 4.78 is 7.21. The maximum Gasteiger partial charge on any atom is 0.250 e. The Morgan fingerprint density at radius 1 is 1.10 bits per heavy atom. The summed E-state index contributed by atoms with van der Waals surface area (Å²) >= 11 is 12.5. The number of ether oxygens (including phenoxy) is 1. The lowest BCUT2D eigenvalue weighted by Crippen LogP contribution is -2.29. The van der Waals surface area contributed by atoms with Crippen LogP contribution in [0.4, 0.5) is 11.4 Å². The van der Waals surface area contributed by atoms with Gasteiger partial charge in [0.25, 0.3) is 0 Å². The first-order valence-corrected chi connectivity index (χ1v) is 13.4. The summed E-state index contributed by atoms with van der Waals surface area (Å²) in [6.45, 7) is 6.34. The summed E-state index contributed by atoms with van der Waals surface area (Å²) in [5.41, 5.74) is 7.94. The fourth-order valence-corrected chi connectivity index (χ4v) is 5.86. The molecule has 39 heavy (non-hydrogen) atoms. The van der Waals surface area contributed by atoms with Gasteiger partial charge in [0.2, 0.25) is 5.91 Å². The van der Waals surface area contributed by atoms with Gasteiger partial charge in [0.05, 0.1) is 28.5 Å². The number of methoxy groups -OCH3 is 1. The van der Waals surface area contributed by atoms with Gasteiger partial charge >= 0.3 is 0 Å². The molecule has 2 N–H and O–H groups in total. The summed E-state index contributed by atoms with van der Waals surface area (Å²) in [5, 5.41) is 7.28. The predicted octanol–water partition coefficient (Wildman–Crippen LogP) is 6.21. The van der Waals surface area contributed by atoms with E-state index in [9.17, 15) is 4.79 Å². The molecule has 9 heteroatoms. The van der Waals surface area contributed by atoms with Crippen LogP contribution in [0.3, 0.4) is 0 Å². The number of hydrogen-bond acceptors (Lipinski definition) is 4. The second-order valence-electron chi connectivity index (χ2n) is 9.59. The van der Waals surface area contributed by atoms with Gasteiger partial charge in [-0.05, 0) is 86.6 Å². The molecule has 2 aromatic heterocycles. The van der Waals surface area contributed by atoms with Crippen molar-refractivity contribution in [2.75, 3.05) is 23.9 Å². The number of amides is 1. The maximum atomic E-state index is 12.1. The van der Waals surface area contributed by atoms with E-state index in [4.69, 9.17) is 28.6 Å². The van der Waals surface area contributed by atoms with Crippen molar-refractivity contribution in [3.8, 4) is 5.69 Å². The van der Waals surface area contributed by atoms with Gasteiger partial charge in [-0.1, -0.05) is 35.9 Å².